The van der Waals surface area contributed by atoms with Gasteiger partial charge in [0.2, 0.25) is 0 Å². The molecule has 0 bridgehead atoms. The lowest BCUT2D eigenvalue weighted by atomic mass is 10.1. The molecule has 1 saturated heterocycles. The average Bonchev–Trinajstić information content (AvgIpc) is 2.90. The molecule has 8 heteroatoms. The van der Waals surface area contributed by atoms with Gasteiger partial charge in [-0.25, -0.2) is 13.2 Å². The summed E-state index contributed by atoms with van der Waals surface area (Å²) in [4.78, 5) is 13.7. The summed E-state index contributed by atoms with van der Waals surface area (Å²) in [5.74, 6) is 0.0137. The lowest BCUT2D eigenvalue weighted by Crippen LogP contribution is -2.47. The highest BCUT2D eigenvalue weighted by atomic mass is 32.2. The van der Waals surface area contributed by atoms with Crippen LogP contribution in [0, 0.1) is 11.3 Å². The van der Waals surface area contributed by atoms with E-state index in [2.05, 4.69) is 5.32 Å². The number of carbonyl (C=O) groups excluding carboxylic acids is 1. The van der Waals surface area contributed by atoms with Crippen LogP contribution in [0.3, 0.4) is 0 Å². The van der Waals surface area contributed by atoms with Crippen molar-refractivity contribution in [2.75, 3.05) is 24.7 Å². The second kappa shape index (κ2) is 7.44. The summed E-state index contributed by atoms with van der Waals surface area (Å²) in [6.07, 6.45) is 0.395. The summed E-state index contributed by atoms with van der Waals surface area (Å²) in [5, 5.41) is 20.6. The van der Waals surface area contributed by atoms with E-state index in [1.807, 2.05) is 6.07 Å². The van der Waals surface area contributed by atoms with E-state index < -0.39 is 21.9 Å². The molecule has 0 saturated carbocycles. The third kappa shape index (κ3) is 4.68. The first-order valence-corrected chi connectivity index (χ1v) is 9.12. The van der Waals surface area contributed by atoms with E-state index in [4.69, 9.17) is 10.4 Å². The van der Waals surface area contributed by atoms with Crippen LogP contribution >= 0.6 is 0 Å². The Morgan fingerprint density at radius 2 is 2.09 bits per heavy atom. The fourth-order valence-electron chi connectivity index (χ4n) is 2.56. The number of aliphatic hydroxyl groups excluding tert-OH is 1. The van der Waals surface area contributed by atoms with Gasteiger partial charge in [-0.15, -0.1) is 0 Å². The molecule has 1 aromatic rings. The van der Waals surface area contributed by atoms with Gasteiger partial charge in [0.15, 0.2) is 9.84 Å². The van der Waals surface area contributed by atoms with Crippen LogP contribution in [0.5, 0.6) is 0 Å². The largest absolute Gasteiger partial charge is 0.395 e. The molecular formula is C15H19N3O4S. The number of rotatable bonds is 5. The van der Waals surface area contributed by atoms with Crippen molar-refractivity contribution in [3.8, 4) is 6.07 Å². The zero-order valence-electron chi connectivity index (χ0n) is 12.6. The number of hydrogen-bond donors (Lipinski definition) is 2. The molecule has 7 nitrogen and oxygen atoms in total. The van der Waals surface area contributed by atoms with Crippen molar-refractivity contribution < 1.29 is 18.3 Å². The van der Waals surface area contributed by atoms with Gasteiger partial charge in [-0.2, -0.15) is 5.26 Å². The van der Waals surface area contributed by atoms with Crippen LogP contribution in [-0.2, 0) is 16.4 Å². The smallest absolute Gasteiger partial charge is 0.318 e. The van der Waals surface area contributed by atoms with Crippen LogP contribution in [-0.4, -0.2) is 55.2 Å². The van der Waals surface area contributed by atoms with Gasteiger partial charge in [0.05, 0.1) is 29.7 Å². The van der Waals surface area contributed by atoms with Crippen LogP contribution in [0.4, 0.5) is 4.79 Å². The third-order valence-corrected chi connectivity index (χ3v) is 5.53. The molecule has 1 aliphatic rings. The lowest BCUT2D eigenvalue weighted by molar-refractivity contribution is 0.157. The summed E-state index contributed by atoms with van der Waals surface area (Å²) >= 11 is 0. The molecule has 1 aliphatic heterocycles. The van der Waals surface area contributed by atoms with E-state index in [-0.39, 0.29) is 31.2 Å². The van der Waals surface area contributed by atoms with Crippen LogP contribution in [0.25, 0.3) is 0 Å². The molecule has 1 fully saturated rings. The average molecular weight is 337 g/mol. The SMILES string of the molecule is N#Cc1ccc(CNC(=O)N(CCO)[C@H]2CCS(=O)(=O)C2)cc1. The fraction of sp³-hybridized carbons (Fsp3) is 0.467. The first-order valence-electron chi connectivity index (χ1n) is 7.30. The van der Waals surface area contributed by atoms with Gasteiger partial charge in [-0.1, -0.05) is 12.1 Å². The van der Waals surface area contributed by atoms with Crippen molar-refractivity contribution in [1.29, 1.82) is 5.26 Å². The zero-order valence-corrected chi connectivity index (χ0v) is 13.4. The summed E-state index contributed by atoms with van der Waals surface area (Å²) in [6, 6.07) is 8.04. The van der Waals surface area contributed by atoms with E-state index in [1.54, 1.807) is 24.3 Å². The second-order valence-electron chi connectivity index (χ2n) is 5.44. The molecule has 0 aromatic heterocycles. The zero-order chi connectivity index (χ0) is 16.9. The Bertz CT molecular complexity index is 694. The number of nitrogens with zero attached hydrogens (tertiary/aromatic N) is 2. The van der Waals surface area contributed by atoms with Crippen molar-refractivity contribution >= 4 is 15.9 Å². The minimum atomic E-state index is -3.10. The highest BCUT2D eigenvalue weighted by Crippen LogP contribution is 2.17. The normalized spacial score (nSPS) is 19.0. The molecule has 0 radical (unpaired) electrons. The molecule has 2 amide bonds. The number of aliphatic hydroxyl groups is 1. The Morgan fingerprint density at radius 1 is 1.39 bits per heavy atom. The Labute approximate surface area is 135 Å². The predicted molar refractivity (Wildman–Crippen MR) is 84.2 cm³/mol. The minimum absolute atomic E-state index is 0.0582. The summed E-state index contributed by atoms with van der Waals surface area (Å²) in [6.45, 7) is 0.145. The molecule has 2 N–H and O–H groups in total. The van der Waals surface area contributed by atoms with Gasteiger partial charge in [-0.3, -0.25) is 0 Å². The molecule has 1 heterocycles. The minimum Gasteiger partial charge on any atom is -0.395 e. The van der Waals surface area contributed by atoms with Crippen LogP contribution in [0.15, 0.2) is 24.3 Å². The first-order chi connectivity index (χ1) is 10.9. The van der Waals surface area contributed by atoms with Crippen LogP contribution in [0.2, 0.25) is 0 Å². The highest BCUT2D eigenvalue weighted by Gasteiger charge is 2.34. The summed E-state index contributed by atoms with van der Waals surface area (Å²) < 4.78 is 23.1. The molecular weight excluding hydrogens is 318 g/mol. The number of nitriles is 1. The van der Waals surface area contributed by atoms with Gasteiger partial charge in [0.25, 0.3) is 0 Å². The molecule has 0 spiro atoms. The van der Waals surface area contributed by atoms with Gasteiger partial charge < -0.3 is 15.3 Å². The van der Waals surface area contributed by atoms with Crippen LogP contribution < -0.4 is 5.32 Å². The number of nitrogens with one attached hydrogen (secondary N) is 1. The van der Waals surface area contributed by atoms with Gasteiger partial charge >= 0.3 is 6.03 Å². The monoisotopic (exact) mass is 337 g/mol. The summed E-state index contributed by atoms with van der Waals surface area (Å²) in [7, 11) is -3.10. The van der Waals surface area contributed by atoms with Crippen LogP contribution in [0.1, 0.15) is 17.5 Å². The summed E-state index contributed by atoms with van der Waals surface area (Å²) in [5.41, 5.74) is 1.37. The number of carbonyl (C=O) groups is 1. The first kappa shape index (κ1) is 17.2. The van der Waals surface area contributed by atoms with Gasteiger partial charge in [0.1, 0.15) is 0 Å². The Balaban J connectivity index is 1.96. The van der Waals surface area contributed by atoms with E-state index in [1.165, 1.54) is 4.90 Å². The molecule has 1 aromatic carbocycles. The number of benzene rings is 1. The highest BCUT2D eigenvalue weighted by molar-refractivity contribution is 7.91. The maximum atomic E-state index is 12.3. The number of urea groups is 1. The Morgan fingerprint density at radius 3 is 2.61 bits per heavy atom. The Hall–Kier alpha value is -2.11. The quantitative estimate of drug-likeness (QED) is 0.800. The number of hydrogen-bond acceptors (Lipinski definition) is 5. The molecule has 0 aliphatic carbocycles. The molecule has 2 rings (SSSR count). The Kier molecular flexibility index (Phi) is 5.58. The predicted octanol–water partition coefficient (Wildman–Crippen LogP) is 0.249. The maximum Gasteiger partial charge on any atom is 0.318 e. The van der Waals surface area contributed by atoms with E-state index in [0.717, 1.165) is 5.56 Å². The third-order valence-electron chi connectivity index (χ3n) is 3.78. The van der Waals surface area contributed by atoms with Gasteiger partial charge in [0, 0.05) is 19.1 Å². The van der Waals surface area contributed by atoms with Gasteiger partial charge in [-0.05, 0) is 24.1 Å². The van der Waals surface area contributed by atoms with E-state index in [0.29, 0.717) is 12.0 Å². The topological polar surface area (TPSA) is 110 Å². The van der Waals surface area contributed by atoms with E-state index >= 15 is 0 Å². The fourth-order valence-corrected chi connectivity index (χ4v) is 4.29. The van der Waals surface area contributed by atoms with Crippen molar-refractivity contribution in [1.82, 2.24) is 10.2 Å². The van der Waals surface area contributed by atoms with Crippen molar-refractivity contribution in [2.45, 2.75) is 19.0 Å². The number of sulfone groups is 1. The maximum absolute atomic E-state index is 12.3. The van der Waals surface area contributed by atoms with E-state index in [9.17, 15) is 13.2 Å². The number of amides is 2. The molecule has 124 valence electrons. The lowest BCUT2D eigenvalue weighted by Gasteiger charge is -2.27. The molecule has 0 unspecified atom stereocenters. The standard InChI is InChI=1S/C15H19N3O4S/c16-9-12-1-3-13(4-2-12)10-17-15(20)18(6-7-19)14-5-8-23(21,22)11-14/h1-4,14,19H,5-8,10-11H2,(H,17,20)/t14-/m0/s1. The van der Waals surface area contributed by atoms with Crippen molar-refractivity contribution in [2.24, 2.45) is 0 Å². The van der Waals surface area contributed by atoms with Crippen molar-refractivity contribution in [3.05, 3.63) is 35.4 Å². The molecule has 1 atom stereocenters. The molecule has 23 heavy (non-hydrogen) atoms. The van der Waals surface area contributed by atoms with Crippen molar-refractivity contribution in [3.63, 3.8) is 0 Å². The second-order valence-corrected chi connectivity index (χ2v) is 7.67.